The standard InChI is InChI=1S/C9H19N3O2.C5H5N/c1-9(2,3)14-8(13)12-5-4-11-7(10)6-12;1-2-4-6-5-3-1/h7,11H,4-6,10H2,1-3H3;1-5H. The highest BCUT2D eigenvalue weighted by Gasteiger charge is 2.25. The number of amides is 1. The van der Waals surface area contributed by atoms with E-state index < -0.39 is 5.60 Å². The van der Waals surface area contributed by atoms with Crippen LogP contribution in [0.5, 0.6) is 0 Å². The van der Waals surface area contributed by atoms with Gasteiger partial charge in [-0.15, -0.1) is 0 Å². The maximum Gasteiger partial charge on any atom is 0.410 e. The molecule has 0 aliphatic carbocycles. The molecule has 2 heterocycles. The minimum absolute atomic E-state index is 0.142. The number of carbonyl (C=O) groups excluding carboxylic acids is 1. The van der Waals surface area contributed by atoms with Crippen LogP contribution in [0.4, 0.5) is 4.79 Å². The van der Waals surface area contributed by atoms with Gasteiger partial charge in [0.15, 0.2) is 0 Å². The van der Waals surface area contributed by atoms with Gasteiger partial charge in [-0.2, -0.15) is 0 Å². The van der Waals surface area contributed by atoms with Crippen molar-refractivity contribution < 1.29 is 9.53 Å². The molecule has 1 aliphatic rings. The van der Waals surface area contributed by atoms with E-state index in [2.05, 4.69) is 10.3 Å². The summed E-state index contributed by atoms with van der Waals surface area (Å²) >= 11 is 0. The normalized spacial score (nSPS) is 18.8. The summed E-state index contributed by atoms with van der Waals surface area (Å²) in [5, 5.41) is 3.06. The lowest BCUT2D eigenvalue weighted by molar-refractivity contribution is 0.0197. The molecule has 0 radical (unpaired) electrons. The molecule has 0 saturated carbocycles. The van der Waals surface area contributed by atoms with Gasteiger partial charge >= 0.3 is 6.09 Å². The molecular weight excluding hydrogens is 256 g/mol. The quantitative estimate of drug-likeness (QED) is 0.746. The predicted octanol–water partition coefficient (Wildman–Crippen LogP) is 1.19. The fourth-order valence-electron chi connectivity index (χ4n) is 1.58. The average molecular weight is 280 g/mol. The van der Waals surface area contributed by atoms with E-state index in [0.717, 1.165) is 6.54 Å². The molecule has 3 N–H and O–H groups in total. The Morgan fingerprint density at radius 3 is 2.40 bits per heavy atom. The molecule has 1 amide bonds. The SMILES string of the molecule is CC(C)(C)OC(=O)N1CCNC(N)C1.c1ccncc1. The second-order valence-electron chi connectivity index (χ2n) is 5.51. The summed E-state index contributed by atoms with van der Waals surface area (Å²) in [6.45, 7) is 7.45. The lowest BCUT2D eigenvalue weighted by Crippen LogP contribution is -2.57. The lowest BCUT2D eigenvalue weighted by atomic mass is 10.2. The van der Waals surface area contributed by atoms with Crippen LogP contribution in [0.15, 0.2) is 30.6 Å². The lowest BCUT2D eigenvalue weighted by Gasteiger charge is -2.33. The number of nitrogens with one attached hydrogen (secondary N) is 1. The van der Waals surface area contributed by atoms with E-state index in [1.165, 1.54) is 0 Å². The van der Waals surface area contributed by atoms with Gasteiger partial charge in [0.2, 0.25) is 0 Å². The predicted molar refractivity (Wildman–Crippen MR) is 78.0 cm³/mol. The zero-order chi connectivity index (χ0) is 15.0. The third-order valence-electron chi connectivity index (χ3n) is 2.42. The number of hydrogen-bond donors (Lipinski definition) is 2. The number of pyridine rings is 1. The van der Waals surface area contributed by atoms with E-state index in [4.69, 9.17) is 10.5 Å². The van der Waals surface area contributed by atoms with Crippen LogP contribution in [0.3, 0.4) is 0 Å². The van der Waals surface area contributed by atoms with Gasteiger partial charge in [-0.3, -0.25) is 10.3 Å². The van der Waals surface area contributed by atoms with Gasteiger partial charge in [-0.05, 0) is 32.9 Å². The summed E-state index contributed by atoms with van der Waals surface area (Å²) in [4.78, 5) is 17.0. The third-order valence-corrected chi connectivity index (χ3v) is 2.42. The molecule has 6 nitrogen and oxygen atoms in total. The maximum atomic E-state index is 11.6. The molecule has 1 aromatic heterocycles. The first-order chi connectivity index (χ1) is 9.38. The van der Waals surface area contributed by atoms with Crippen molar-refractivity contribution in [2.24, 2.45) is 5.73 Å². The smallest absolute Gasteiger partial charge is 0.410 e. The molecule has 0 bridgehead atoms. The Morgan fingerprint density at radius 2 is 2.00 bits per heavy atom. The van der Waals surface area contributed by atoms with E-state index in [1.807, 2.05) is 39.0 Å². The van der Waals surface area contributed by atoms with Crippen LogP contribution in [0.1, 0.15) is 20.8 Å². The Hall–Kier alpha value is -1.66. The van der Waals surface area contributed by atoms with Crippen molar-refractivity contribution in [3.63, 3.8) is 0 Å². The summed E-state index contributed by atoms with van der Waals surface area (Å²) in [5.74, 6) is 0. The van der Waals surface area contributed by atoms with Crippen molar-refractivity contribution in [3.8, 4) is 0 Å². The Kier molecular flexibility index (Phi) is 6.41. The summed E-state index contributed by atoms with van der Waals surface area (Å²) in [5.41, 5.74) is 5.23. The topological polar surface area (TPSA) is 80.5 Å². The average Bonchev–Trinajstić information content (AvgIpc) is 2.39. The zero-order valence-electron chi connectivity index (χ0n) is 12.4. The third kappa shape index (κ3) is 7.06. The summed E-state index contributed by atoms with van der Waals surface area (Å²) in [7, 11) is 0. The highest BCUT2D eigenvalue weighted by molar-refractivity contribution is 5.68. The monoisotopic (exact) mass is 280 g/mol. The van der Waals surface area contributed by atoms with Crippen molar-refractivity contribution in [2.45, 2.75) is 32.5 Å². The Morgan fingerprint density at radius 1 is 1.35 bits per heavy atom. The first kappa shape index (κ1) is 16.4. The molecule has 1 atom stereocenters. The first-order valence-corrected chi connectivity index (χ1v) is 6.70. The van der Waals surface area contributed by atoms with Crippen LogP contribution >= 0.6 is 0 Å². The van der Waals surface area contributed by atoms with E-state index in [-0.39, 0.29) is 12.3 Å². The number of rotatable bonds is 0. The van der Waals surface area contributed by atoms with Gasteiger partial charge in [0.25, 0.3) is 0 Å². The molecule has 1 unspecified atom stereocenters. The maximum absolute atomic E-state index is 11.6. The van der Waals surface area contributed by atoms with E-state index in [0.29, 0.717) is 13.1 Å². The number of nitrogens with zero attached hydrogens (tertiary/aromatic N) is 2. The number of ether oxygens (including phenoxy) is 1. The first-order valence-electron chi connectivity index (χ1n) is 6.70. The minimum Gasteiger partial charge on any atom is -0.444 e. The summed E-state index contributed by atoms with van der Waals surface area (Å²) < 4.78 is 5.23. The van der Waals surface area contributed by atoms with Crippen molar-refractivity contribution in [1.82, 2.24) is 15.2 Å². The molecule has 1 saturated heterocycles. The van der Waals surface area contributed by atoms with E-state index in [1.54, 1.807) is 17.3 Å². The van der Waals surface area contributed by atoms with Gasteiger partial charge in [-0.25, -0.2) is 4.79 Å². The second kappa shape index (κ2) is 7.81. The van der Waals surface area contributed by atoms with Crippen molar-refractivity contribution in [2.75, 3.05) is 19.6 Å². The molecule has 112 valence electrons. The second-order valence-corrected chi connectivity index (χ2v) is 5.51. The molecule has 0 aromatic carbocycles. The molecule has 1 fully saturated rings. The van der Waals surface area contributed by atoms with E-state index >= 15 is 0 Å². The van der Waals surface area contributed by atoms with Crippen molar-refractivity contribution >= 4 is 6.09 Å². The Balaban J connectivity index is 0.000000276. The number of piperazine rings is 1. The van der Waals surface area contributed by atoms with Crippen LogP contribution < -0.4 is 11.1 Å². The summed E-state index contributed by atoms with van der Waals surface area (Å²) in [6, 6.07) is 5.72. The number of hydrogen-bond acceptors (Lipinski definition) is 5. The van der Waals surface area contributed by atoms with Crippen molar-refractivity contribution in [1.29, 1.82) is 0 Å². The highest BCUT2D eigenvalue weighted by atomic mass is 16.6. The number of aromatic nitrogens is 1. The van der Waals surface area contributed by atoms with Crippen LogP contribution in [0, 0.1) is 0 Å². The molecular formula is C14H24N4O2. The molecule has 0 spiro atoms. The fraction of sp³-hybridized carbons (Fsp3) is 0.571. The molecule has 6 heteroatoms. The van der Waals surface area contributed by atoms with Crippen LogP contribution in [-0.2, 0) is 4.74 Å². The van der Waals surface area contributed by atoms with Crippen LogP contribution in [0.25, 0.3) is 0 Å². The molecule has 2 rings (SSSR count). The van der Waals surface area contributed by atoms with E-state index in [9.17, 15) is 4.79 Å². The summed E-state index contributed by atoms with van der Waals surface area (Å²) in [6.07, 6.45) is 3.07. The minimum atomic E-state index is -0.438. The van der Waals surface area contributed by atoms with Gasteiger partial charge < -0.3 is 15.4 Å². The van der Waals surface area contributed by atoms with Crippen LogP contribution in [0.2, 0.25) is 0 Å². The highest BCUT2D eigenvalue weighted by Crippen LogP contribution is 2.10. The number of carbonyl (C=O) groups is 1. The van der Waals surface area contributed by atoms with Gasteiger partial charge in [0.05, 0.1) is 12.7 Å². The fourth-order valence-corrected chi connectivity index (χ4v) is 1.58. The molecule has 1 aliphatic heterocycles. The van der Waals surface area contributed by atoms with Gasteiger partial charge in [-0.1, -0.05) is 6.07 Å². The Labute approximate surface area is 120 Å². The Bertz CT molecular complexity index is 365. The molecule has 1 aromatic rings. The molecule has 20 heavy (non-hydrogen) atoms. The largest absolute Gasteiger partial charge is 0.444 e. The van der Waals surface area contributed by atoms with Gasteiger partial charge in [0.1, 0.15) is 5.60 Å². The number of nitrogens with two attached hydrogens (primary N) is 1. The van der Waals surface area contributed by atoms with Crippen molar-refractivity contribution in [3.05, 3.63) is 30.6 Å². The van der Waals surface area contributed by atoms with Crippen LogP contribution in [-0.4, -0.2) is 47.4 Å². The zero-order valence-corrected chi connectivity index (χ0v) is 12.4. The van der Waals surface area contributed by atoms with Gasteiger partial charge in [0, 0.05) is 25.5 Å².